The third-order valence-corrected chi connectivity index (χ3v) is 3.29. The van der Waals surface area contributed by atoms with Crippen LogP contribution >= 0.6 is 0 Å². The van der Waals surface area contributed by atoms with Crippen LogP contribution in [0, 0.1) is 6.42 Å². The Labute approximate surface area is 117 Å². The minimum absolute atomic E-state index is 0.0856. The Hall–Kier alpha value is -1.31. The summed E-state index contributed by atoms with van der Waals surface area (Å²) in [6.45, 7) is 5.03. The Morgan fingerprint density at radius 2 is 1.68 bits per heavy atom. The van der Waals surface area contributed by atoms with Crippen molar-refractivity contribution in [2.24, 2.45) is 0 Å². The van der Waals surface area contributed by atoms with E-state index in [1.54, 1.807) is 13.3 Å². The molecular weight excluding hydrogens is 234 g/mol. The number of hydrogen-bond acceptors (Lipinski definition) is 2. The zero-order valence-electron chi connectivity index (χ0n) is 12.2. The maximum atomic E-state index is 11.4. The van der Waals surface area contributed by atoms with Crippen LogP contribution in [0.25, 0.3) is 0 Å². The van der Waals surface area contributed by atoms with Gasteiger partial charge in [0.1, 0.15) is 0 Å². The second kappa shape index (κ2) is 9.60. The molecule has 0 aliphatic carbocycles. The molecular formula is C17H26NO. The Balaban J connectivity index is 2.18. The number of benzene rings is 1. The van der Waals surface area contributed by atoms with Gasteiger partial charge in [-0.05, 0) is 30.7 Å². The van der Waals surface area contributed by atoms with E-state index in [1.807, 2.05) is 24.3 Å². The number of unbranched alkanes of at least 4 members (excludes halogenated alkanes) is 5. The molecule has 2 heteroatoms. The number of carbonyl (C=O) groups is 1. The predicted molar refractivity (Wildman–Crippen MR) is 82.6 cm³/mol. The van der Waals surface area contributed by atoms with Crippen molar-refractivity contribution in [2.75, 3.05) is 11.9 Å². The molecule has 0 unspecified atom stereocenters. The molecule has 1 N–H and O–H groups in total. The summed E-state index contributed by atoms with van der Waals surface area (Å²) in [4.78, 5) is 11.4. The first-order valence-electron chi connectivity index (χ1n) is 7.45. The third-order valence-electron chi connectivity index (χ3n) is 3.29. The van der Waals surface area contributed by atoms with Gasteiger partial charge in [0.25, 0.3) is 0 Å². The fourth-order valence-corrected chi connectivity index (χ4v) is 2.06. The average molecular weight is 260 g/mol. The SMILES string of the molecule is C[CH]C(=O)c1ccc(NCCCCCCCC)cc1. The number of rotatable bonds is 10. The van der Waals surface area contributed by atoms with Crippen molar-refractivity contribution in [3.05, 3.63) is 36.2 Å². The van der Waals surface area contributed by atoms with Gasteiger partial charge in [0.05, 0.1) is 0 Å². The summed E-state index contributed by atoms with van der Waals surface area (Å²) in [7, 11) is 0. The van der Waals surface area contributed by atoms with Gasteiger partial charge in [-0.15, -0.1) is 0 Å². The first kappa shape index (κ1) is 15.7. The summed E-state index contributed by atoms with van der Waals surface area (Å²) in [5.74, 6) is 0.0856. The summed E-state index contributed by atoms with van der Waals surface area (Å²) < 4.78 is 0. The molecule has 1 aromatic carbocycles. The fourth-order valence-electron chi connectivity index (χ4n) is 2.06. The van der Waals surface area contributed by atoms with E-state index in [0.29, 0.717) is 0 Å². The predicted octanol–water partition coefficient (Wildman–Crippen LogP) is 4.87. The van der Waals surface area contributed by atoms with Gasteiger partial charge < -0.3 is 5.32 Å². The van der Waals surface area contributed by atoms with Crippen LogP contribution in [-0.4, -0.2) is 12.3 Å². The van der Waals surface area contributed by atoms with Crippen LogP contribution in [0.4, 0.5) is 5.69 Å². The lowest BCUT2D eigenvalue weighted by Crippen LogP contribution is -2.02. The lowest BCUT2D eigenvalue weighted by molar-refractivity contribution is 0.103. The Kier molecular flexibility index (Phi) is 7.95. The van der Waals surface area contributed by atoms with E-state index in [2.05, 4.69) is 12.2 Å². The smallest absolute Gasteiger partial charge is 0.166 e. The monoisotopic (exact) mass is 260 g/mol. The van der Waals surface area contributed by atoms with Gasteiger partial charge in [-0.2, -0.15) is 0 Å². The van der Waals surface area contributed by atoms with E-state index in [-0.39, 0.29) is 5.78 Å². The number of anilines is 1. The van der Waals surface area contributed by atoms with E-state index in [0.717, 1.165) is 17.8 Å². The molecule has 0 atom stereocenters. The minimum atomic E-state index is 0.0856. The molecule has 0 spiro atoms. The Bertz CT molecular complexity index is 356. The summed E-state index contributed by atoms with van der Waals surface area (Å²) in [6, 6.07) is 7.72. The Morgan fingerprint density at radius 3 is 2.32 bits per heavy atom. The first-order valence-corrected chi connectivity index (χ1v) is 7.45. The van der Waals surface area contributed by atoms with E-state index in [1.165, 1.54) is 38.5 Å². The molecule has 0 amide bonds. The molecule has 1 radical (unpaired) electrons. The van der Waals surface area contributed by atoms with Crippen molar-refractivity contribution in [3.8, 4) is 0 Å². The highest BCUT2D eigenvalue weighted by Crippen LogP contribution is 2.11. The van der Waals surface area contributed by atoms with Crippen molar-refractivity contribution >= 4 is 11.5 Å². The number of nitrogens with one attached hydrogen (secondary N) is 1. The maximum Gasteiger partial charge on any atom is 0.166 e. The van der Waals surface area contributed by atoms with E-state index in [4.69, 9.17) is 0 Å². The molecule has 105 valence electrons. The molecule has 19 heavy (non-hydrogen) atoms. The summed E-state index contributed by atoms with van der Waals surface area (Å²) in [5, 5.41) is 3.40. The van der Waals surface area contributed by atoms with E-state index >= 15 is 0 Å². The molecule has 2 nitrogen and oxygen atoms in total. The quantitative estimate of drug-likeness (QED) is 0.480. The van der Waals surface area contributed by atoms with Crippen LogP contribution in [-0.2, 0) is 0 Å². The van der Waals surface area contributed by atoms with E-state index < -0.39 is 0 Å². The number of ketones is 1. The molecule has 0 fully saturated rings. The van der Waals surface area contributed by atoms with Crippen LogP contribution < -0.4 is 5.32 Å². The lowest BCUT2D eigenvalue weighted by atomic mass is 10.1. The number of hydrogen-bond donors (Lipinski definition) is 1. The molecule has 0 heterocycles. The average Bonchev–Trinajstić information content (AvgIpc) is 2.46. The molecule has 1 rings (SSSR count). The van der Waals surface area contributed by atoms with Gasteiger partial charge in [-0.1, -0.05) is 46.0 Å². The third kappa shape index (κ3) is 6.42. The Morgan fingerprint density at radius 1 is 1.05 bits per heavy atom. The molecule has 1 aromatic rings. The highest BCUT2D eigenvalue weighted by atomic mass is 16.1. The van der Waals surface area contributed by atoms with Crippen molar-refractivity contribution in [3.63, 3.8) is 0 Å². The van der Waals surface area contributed by atoms with Crippen molar-refractivity contribution in [1.29, 1.82) is 0 Å². The van der Waals surface area contributed by atoms with Gasteiger partial charge in [0, 0.05) is 24.2 Å². The fraction of sp³-hybridized carbons (Fsp3) is 0.529. The summed E-state index contributed by atoms with van der Waals surface area (Å²) in [5.41, 5.74) is 1.86. The van der Waals surface area contributed by atoms with Crippen LogP contribution in [0.5, 0.6) is 0 Å². The van der Waals surface area contributed by atoms with Crippen molar-refractivity contribution in [1.82, 2.24) is 0 Å². The summed E-state index contributed by atoms with van der Waals surface area (Å²) in [6.07, 6.45) is 9.48. The van der Waals surface area contributed by atoms with Gasteiger partial charge in [-0.3, -0.25) is 4.79 Å². The van der Waals surface area contributed by atoms with Crippen LogP contribution in [0.2, 0.25) is 0 Å². The number of carbonyl (C=O) groups excluding carboxylic acids is 1. The van der Waals surface area contributed by atoms with E-state index in [9.17, 15) is 4.79 Å². The lowest BCUT2D eigenvalue weighted by Gasteiger charge is -2.07. The highest BCUT2D eigenvalue weighted by Gasteiger charge is 2.02. The van der Waals surface area contributed by atoms with Gasteiger partial charge in [0.2, 0.25) is 0 Å². The molecule has 0 aliphatic heterocycles. The van der Waals surface area contributed by atoms with Gasteiger partial charge >= 0.3 is 0 Å². The zero-order chi connectivity index (χ0) is 13.9. The van der Waals surface area contributed by atoms with Crippen LogP contribution in [0.3, 0.4) is 0 Å². The largest absolute Gasteiger partial charge is 0.385 e. The number of Topliss-reactive ketones (excluding diaryl/α,β-unsaturated/α-hetero) is 1. The first-order chi connectivity index (χ1) is 9.27. The maximum absolute atomic E-state index is 11.4. The van der Waals surface area contributed by atoms with Crippen molar-refractivity contribution in [2.45, 2.75) is 52.4 Å². The van der Waals surface area contributed by atoms with Gasteiger partial charge in [0.15, 0.2) is 5.78 Å². The second-order valence-corrected chi connectivity index (χ2v) is 4.92. The van der Waals surface area contributed by atoms with Crippen molar-refractivity contribution < 1.29 is 4.79 Å². The molecule has 0 aliphatic rings. The highest BCUT2D eigenvalue weighted by molar-refractivity contribution is 6.02. The molecule has 0 saturated heterocycles. The van der Waals surface area contributed by atoms with Crippen LogP contribution in [0.1, 0.15) is 62.7 Å². The summed E-state index contributed by atoms with van der Waals surface area (Å²) >= 11 is 0. The second-order valence-electron chi connectivity index (χ2n) is 4.92. The standard InChI is InChI=1S/C17H26NO/c1-3-5-6-7-8-9-14-18-16-12-10-15(11-13-16)17(19)4-2/h4,10-13,18H,3,5-9,14H2,1-2H3. The van der Waals surface area contributed by atoms with Gasteiger partial charge in [-0.25, -0.2) is 0 Å². The zero-order valence-corrected chi connectivity index (χ0v) is 12.2. The topological polar surface area (TPSA) is 29.1 Å². The normalized spacial score (nSPS) is 10.4. The minimum Gasteiger partial charge on any atom is -0.385 e. The molecule has 0 saturated carbocycles. The van der Waals surface area contributed by atoms with Crippen LogP contribution in [0.15, 0.2) is 24.3 Å². The molecule has 0 aromatic heterocycles. The molecule has 0 bridgehead atoms.